The van der Waals surface area contributed by atoms with Crippen LogP contribution in [0.25, 0.3) is 0 Å². The average Bonchev–Trinajstić information content (AvgIpc) is 2.49. The first kappa shape index (κ1) is 15.0. The lowest BCUT2D eigenvalue weighted by Gasteiger charge is -2.28. The van der Waals surface area contributed by atoms with Crippen LogP contribution in [0.3, 0.4) is 0 Å². The van der Waals surface area contributed by atoms with E-state index in [1.54, 1.807) is 12.3 Å². The predicted molar refractivity (Wildman–Crippen MR) is 79.3 cm³/mol. The molecule has 1 saturated heterocycles. The maximum Gasteiger partial charge on any atom is 0.268 e. The molecule has 112 valence electrons. The van der Waals surface area contributed by atoms with Gasteiger partial charge in [0.15, 0.2) is 0 Å². The Balaban J connectivity index is 1.93. The second-order valence-corrected chi connectivity index (χ2v) is 5.14. The third-order valence-electron chi connectivity index (χ3n) is 3.66. The molecule has 1 aliphatic rings. The predicted octanol–water partition coefficient (Wildman–Crippen LogP) is 0.468. The third kappa shape index (κ3) is 4.05. The summed E-state index contributed by atoms with van der Waals surface area (Å²) in [4.78, 5) is 14.2. The number of aromatic nitrogens is 2. The lowest BCUT2D eigenvalue weighted by atomic mass is 10.2. The van der Waals surface area contributed by atoms with Gasteiger partial charge in [0.2, 0.25) is 0 Å². The fourth-order valence-electron chi connectivity index (χ4n) is 2.15. The Morgan fingerprint density at radius 2 is 2.20 bits per heavy atom. The van der Waals surface area contributed by atoms with Crippen LogP contribution in [-0.2, 0) is 11.3 Å². The summed E-state index contributed by atoms with van der Waals surface area (Å²) < 4.78 is 6.82. The molecule has 20 heavy (non-hydrogen) atoms. The number of morpholine rings is 1. The molecule has 0 amide bonds. The van der Waals surface area contributed by atoms with Crippen LogP contribution in [0.4, 0.5) is 5.69 Å². The highest BCUT2D eigenvalue weighted by Crippen LogP contribution is 2.11. The number of nitrogens with zero attached hydrogens (tertiary/aromatic N) is 3. The minimum atomic E-state index is -0.0417. The molecule has 1 aromatic rings. The van der Waals surface area contributed by atoms with Gasteiger partial charge >= 0.3 is 0 Å². The zero-order valence-electron chi connectivity index (χ0n) is 12.3. The summed E-state index contributed by atoms with van der Waals surface area (Å²) in [5.74, 6) is 0. The molecular weight excluding hydrogens is 256 g/mol. The maximum atomic E-state index is 12.0. The molecule has 0 aromatic carbocycles. The van der Waals surface area contributed by atoms with E-state index in [9.17, 15) is 4.79 Å². The van der Waals surface area contributed by atoms with Crippen molar-refractivity contribution in [3.8, 4) is 0 Å². The van der Waals surface area contributed by atoms with Crippen LogP contribution >= 0.6 is 0 Å². The van der Waals surface area contributed by atoms with E-state index in [4.69, 9.17) is 4.74 Å². The molecule has 6 nitrogen and oxygen atoms in total. The Labute approximate surface area is 119 Å². The highest BCUT2D eigenvalue weighted by Gasteiger charge is 2.12. The molecule has 0 saturated carbocycles. The van der Waals surface area contributed by atoms with Crippen molar-refractivity contribution in [1.82, 2.24) is 15.1 Å². The highest BCUT2D eigenvalue weighted by molar-refractivity contribution is 5.43. The van der Waals surface area contributed by atoms with E-state index >= 15 is 0 Å². The quantitative estimate of drug-likeness (QED) is 0.821. The second kappa shape index (κ2) is 7.40. The summed E-state index contributed by atoms with van der Waals surface area (Å²) in [6.45, 7) is 8.70. The van der Waals surface area contributed by atoms with Crippen LogP contribution in [0.15, 0.2) is 17.1 Å². The summed E-state index contributed by atoms with van der Waals surface area (Å²) in [6, 6.07) is 2.14. The monoisotopic (exact) mass is 280 g/mol. The minimum absolute atomic E-state index is 0.0417. The Bertz CT molecular complexity index is 468. The van der Waals surface area contributed by atoms with Gasteiger partial charge in [0.1, 0.15) is 0 Å². The maximum absolute atomic E-state index is 12.0. The largest absolute Gasteiger partial charge is 0.378 e. The van der Waals surface area contributed by atoms with Crippen molar-refractivity contribution in [3.05, 3.63) is 22.6 Å². The van der Waals surface area contributed by atoms with Crippen LogP contribution in [0.5, 0.6) is 0 Å². The van der Waals surface area contributed by atoms with E-state index in [-0.39, 0.29) is 5.56 Å². The Kier molecular flexibility index (Phi) is 5.55. The zero-order chi connectivity index (χ0) is 14.4. The SMILES string of the molecule is CCC(C)NCCn1ncc(N2CCOCC2)cc1=O. The molecule has 1 aliphatic heterocycles. The van der Waals surface area contributed by atoms with Gasteiger partial charge in [-0.1, -0.05) is 6.92 Å². The lowest BCUT2D eigenvalue weighted by molar-refractivity contribution is 0.122. The number of anilines is 1. The van der Waals surface area contributed by atoms with Crippen LogP contribution in [0.1, 0.15) is 20.3 Å². The minimum Gasteiger partial charge on any atom is -0.378 e. The van der Waals surface area contributed by atoms with E-state index in [0.29, 0.717) is 25.8 Å². The van der Waals surface area contributed by atoms with Crippen molar-refractivity contribution in [2.75, 3.05) is 37.7 Å². The number of hydrogen-bond acceptors (Lipinski definition) is 5. The summed E-state index contributed by atoms with van der Waals surface area (Å²) in [5.41, 5.74) is 0.851. The summed E-state index contributed by atoms with van der Waals surface area (Å²) >= 11 is 0. The fourth-order valence-corrected chi connectivity index (χ4v) is 2.15. The van der Waals surface area contributed by atoms with E-state index < -0.39 is 0 Å². The number of rotatable bonds is 6. The molecule has 1 N–H and O–H groups in total. The number of nitrogens with one attached hydrogen (secondary N) is 1. The van der Waals surface area contributed by atoms with Gasteiger partial charge in [-0.3, -0.25) is 4.79 Å². The van der Waals surface area contributed by atoms with Crippen molar-refractivity contribution in [2.24, 2.45) is 0 Å². The first-order valence-electron chi connectivity index (χ1n) is 7.34. The Hall–Kier alpha value is -1.40. The van der Waals surface area contributed by atoms with Crippen molar-refractivity contribution in [3.63, 3.8) is 0 Å². The van der Waals surface area contributed by atoms with Gasteiger partial charge in [0, 0.05) is 31.7 Å². The molecule has 0 radical (unpaired) electrons. The van der Waals surface area contributed by atoms with Gasteiger partial charge in [0.25, 0.3) is 5.56 Å². The molecule has 1 aromatic heterocycles. The van der Waals surface area contributed by atoms with Gasteiger partial charge in [-0.15, -0.1) is 0 Å². The summed E-state index contributed by atoms with van der Waals surface area (Å²) in [7, 11) is 0. The Morgan fingerprint density at radius 3 is 2.85 bits per heavy atom. The van der Waals surface area contributed by atoms with E-state index in [1.165, 1.54) is 4.68 Å². The van der Waals surface area contributed by atoms with Gasteiger partial charge in [0.05, 0.1) is 31.6 Å². The first-order valence-corrected chi connectivity index (χ1v) is 7.34. The van der Waals surface area contributed by atoms with Crippen LogP contribution in [0.2, 0.25) is 0 Å². The molecule has 1 unspecified atom stereocenters. The summed E-state index contributed by atoms with van der Waals surface area (Å²) in [6.07, 6.45) is 2.86. The number of ether oxygens (including phenoxy) is 1. The molecule has 0 bridgehead atoms. The van der Waals surface area contributed by atoms with Crippen LogP contribution in [0, 0.1) is 0 Å². The lowest BCUT2D eigenvalue weighted by Crippen LogP contribution is -2.38. The zero-order valence-corrected chi connectivity index (χ0v) is 12.3. The fraction of sp³-hybridized carbons (Fsp3) is 0.714. The molecule has 2 rings (SSSR count). The van der Waals surface area contributed by atoms with Gasteiger partial charge in [-0.05, 0) is 13.3 Å². The molecule has 1 atom stereocenters. The van der Waals surface area contributed by atoms with Crippen molar-refractivity contribution >= 4 is 5.69 Å². The Morgan fingerprint density at radius 1 is 1.45 bits per heavy atom. The molecule has 6 heteroatoms. The molecule has 0 spiro atoms. The van der Waals surface area contributed by atoms with E-state index in [1.807, 2.05) is 0 Å². The topological polar surface area (TPSA) is 59.4 Å². The normalized spacial score (nSPS) is 17.2. The van der Waals surface area contributed by atoms with Gasteiger partial charge in [-0.2, -0.15) is 5.10 Å². The highest BCUT2D eigenvalue weighted by atomic mass is 16.5. The summed E-state index contributed by atoms with van der Waals surface area (Å²) in [5, 5.41) is 7.62. The first-order chi connectivity index (χ1) is 9.70. The van der Waals surface area contributed by atoms with Crippen molar-refractivity contribution in [2.45, 2.75) is 32.9 Å². The standard InChI is InChI=1S/C14H24N4O2/c1-3-12(2)15-4-5-18-14(19)10-13(11-16-18)17-6-8-20-9-7-17/h10-12,15H,3-9H2,1-2H3. The van der Waals surface area contributed by atoms with Crippen LogP contribution in [-0.4, -0.2) is 48.7 Å². The van der Waals surface area contributed by atoms with E-state index in [2.05, 4.69) is 29.2 Å². The second-order valence-electron chi connectivity index (χ2n) is 5.14. The van der Waals surface area contributed by atoms with Crippen molar-refractivity contribution in [1.29, 1.82) is 0 Å². The molecule has 0 aliphatic carbocycles. The van der Waals surface area contributed by atoms with E-state index in [0.717, 1.165) is 31.7 Å². The third-order valence-corrected chi connectivity index (χ3v) is 3.66. The van der Waals surface area contributed by atoms with Crippen LogP contribution < -0.4 is 15.8 Å². The van der Waals surface area contributed by atoms with Crippen molar-refractivity contribution < 1.29 is 4.74 Å². The smallest absolute Gasteiger partial charge is 0.268 e. The molecule has 2 heterocycles. The molecular formula is C14H24N4O2. The average molecular weight is 280 g/mol. The van der Waals surface area contributed by atoms with Gasteiger partial charge in [-0.25, -0.2) is 4.68 Å². The van der Waals surface area contributed by atoms with Gasteiger partial charge < -0.3 is 15.0 Å². The number of hydrogen-bond donors (Lipinski definition) is 1. The molecule has 1 fully saturated rings.